The maximum absolute atomic E-state index is 10.4. The van der Waals surface area contributed by atoms with Crippen LogP contribution in [0.3, 0.4) is 0 Å². The van der Waals surface area contributed by atoms with Crippen molar-refractivity contribution >= 4 is 0 Å². The average molecular weight is 430 g/mol. The van der Waals surface area contributed by atoms with E-state index in [1.807, 2.05) is 13.8 Å². The molecule has 26 heavy (non-hydrogen) atoms. The molecule has 0 aliphatic heterocycles. The molecule has 0 spiro atoms. The molecule has 1 aromatic rings. The number of aryl methyl sites for hydroxylation is 1. The zero-order chi connectivity index (χ0) is 17.7. The molecule has 3 aliphatic carbocycles. The van der Waals surface area contributed by atoms with Crippen molar-refractivity contribution in [2.75, 3.05) is 0 Å². The van der Waals surface area contributed by atoms with E-state index in [9.17, 15) is 5.11 Å². The molecule has 1 nitrogen and oxygen atoms in total. The van der Waals surface area contributed by atoms with Gasteiger partial charge in [0.15, 0.2) is 0 Å². The maximum atomic E-state index is 10.4. The van der Waals surface area contributed by atoms with E-state index < -0.39 is 0 Å². The SMILES string of the molecule is C.C#CC.CC.CC12CCC3c4cc[c-]cc4CCC3C1CCC2O.[Y]. The normalized spacial score (nSPS) is 32.9. The third kappa shape index (κ3) is 4.81. The van der Waals surface area contributed by atoms with Crippen LogP contribution in [-0.4, -0.2) is 11.2 Å². The topological polar surface area (TPSA) is 20.2 Å². The van der Waals surface area contributed by atoms with Crippen LogP contribution in [0.5, 0.6) is 0 Å². The van der Waals surface area contributed by atoms with E-state index in [0.717, 1.165) is 24.2 Å². The number of rotatable bonds is 0. The Morgan fingerprint density at radius 1 is 1.23 bits per heavy atom. The first-order valence-electron chi connectivity index (χ1n) is 9.66. The van der Waals surface area contributed by atoms with E-state index >= 15 is 0 Å². The van der Waals surface area contributed by atoms with Crippen molar-refractivity contribution in [1.29, 1.82) is 0 Å². The molecule has 2 heteroatoms. The second kappa shape index (κ2) is 11.6. The van der Waals surface area contributed by atoms with Gasteiger partial charge in [0.2, 0.25) is 0 Å². The fourth-order valence-electron chi connectivity index (χ4n) is 5.43. The Morgan fingerprint density at radius 2 is 1.88 bits per heavy atom. The summed E-state index contributed by atoms with van der Waals surface area (Å²) in [4.78, 5) is 0. The summed E-state index contributed by atoms with van der Waals surface area (Å²) in [6.45, 7) is 8.00. The second-order valence-electron chi connectivity index (χ2n) is 7.47. The number of fused-ring (bicyclic) bond motifs is 5. The third-order valence-corrected chi connectivity index (χ3v) is 6.52. The summed E-state index contributed by atoms with van der Waals surface area (Å²) in [5, 5.41) is 10.4. The van der Waals surface area contributed by atoms with Crippen LogP contribution in [-0.2, 0) is 39.1 Å². The van der Waals surface area contributed by atoms with Gasteiger partial charge in [0.1, 0.15) is 0 Å². The van der Waals surface area contributed by atoms with E-state index in [-0.39, 0.29) is 51.7 Å². The summed E-state index contributed by atoms with van der Waals surface area (Å²) < 4.78 is 0. The summed E-state index contributed by atoms with van der Waals surface area (Å²) in [7, 11) is 0. The molecule has 0 amide bonds. The molecule has 1 aromatic carbocycles. The molecule has 3 aliphatic rings. The van der Waals surface area contributed by atoms with Gasteiger partial charge in [-0.3, -0.25) is 0 Å². The van der Waals surface area contributed by atoms with Crippen LogP contribution in [0.15, 0.2) is 18.2 Å². The smallest absolute Gasteiger partial charge is 0.0596 e. The Bertz CT molecular complexity index is 576. The van der Waals surface area contributed by atoms with Crippen molar-refractivity contribution in [3.05, 3.63) is 35.4 Å². The zero-order valence-electron chi connectivity index (χ0n) is 16.4. The number of hydrogen-bond acceptors (Lipinski definition) is 1. The molecule has 143 valence electrons. The number of aliphatic hydroxyl groups is 1. The number of hydrogen-bond donors (Lipinski definition) is 1. The molecule has 4 rings (SSSR count). The van der Waals surface area contributed by atoms with Gasteiger partial charge in [-0.15, -0.1) is 12.3 Å². The fraction of sp³-hybridized carbons (Fsp3) is 0.667. The van der Waals surface area contributed by atoms with Crippen molar-refractivity contribution in [2.24, 2.45) is 17.3 Å². The third-order valence-electron chi connectivity index (χ3n) is 6.52. The Balaban J connectivity index is 0.000000818. The number of terminal acetylenes is 1. The second-order valence-corrected chi connectivity index (χ2v) is 7.47. The van der Waals surface area contributed by atoms with Gasteiger partial charge in [0.25, 0.3) is 0 Å². The monoisotopic (exact) mass is 430 g/mol. The van der Waals surface area contributed by atoms with Crippen LogP contribution in [0.2, 0.25) is 0 Å². The molecule has 0 saturated heterocycles. The molecule has 5 unspecified atom stereocenters. The van der Waals surface area contributed by atoms with E-state index in [1.54, 1.807) is 12.5 Å². The first kappa shape index (κ1) is 25.8. The van der Waals surface area contributed by atoms with E-state index in [2.05, 4.69) is 43.5 Å². The van der Waals surface area contributed by atoms with Gasteiger partial charge >= 0.3 is 0 Å². The molecule has 0 bridgehead atoms. The van der Waals surface area contributed by atoms with Gasteiger partial charge in [-0.25, -0.2) is 0 Å². The quantitative estimate of drug-likeness (QED) is 0.395. The van der Waals surface area contributed by atoms with Crippen LogP contribution in [0.1, 0.15) is 84.3 Å². The van der Waals surface area contributed by atoms with Crippen molar-refractivity contribution in [2.45, 2.75) is 85.7 Å². The van der Waals surface area contributed by atoms with Gasteiger partial charge in [-0.2, -0.15) is 35.4 Å². The Morgan fingerprint density at radius 3 is 2.54 bits per heavy atom. The molecule has 1 N–H and O–H groups in total. The molecular weight excluding hydrogens is 393 g/mol. The number of aliphatic hydroxyl groups excluding tert-OH is 1. The van der Waals surface area contributed by atoms with Gasteiger partial charge in [0.05, 0.1) is 6.10 Å². The van der Waals surface area contributed by atoms with Crippen LogP contribution in [0, 0.1) is 35.7 Å². The molecule has 0 heterocycles. The van der Waals surface area contributed by atoms with E-state index in [0.29, 0.717) is 0 Å². The standard InChI is InChI=1S/C18H23O.C3H4.C2H6.CH4.Y/c1-18-11-10-14-13-5-3-2-4-12(13)6-7-15(14)16(18)8-9-17(18)19;1-3-2;1-2;;/h3-5,14-17,19H,6-11H2,1H3;1H,2H3;1-2H3;1H4;/q-1;;;;. The van der Waals surface area contributed by atoms with Crippen LogP contribution >= 0.6 is 0 Å². The summed E-state index contributed by atoms with van der Waals surface area (Å²) in [6, 6.07) is 9.82. The first-order chi connectivity index (χ1) is 11.6. The van der Waals surface area contributed by atoms with Crippen LogP contribution in [0.25, 0.3) is 0 Å². The summed E-state index contributed by atoms with van der Waals surface area (Å²) in [5.41, 5.74) is 3.34. The largest absolute Gasteiger partial charge is 0.393 e. The Hall–Kier alpha value is -0.156. The minimum absolute atomic E-state index is 0. The first-order valence-corrected chi connectivity index (χ1v) is 9.66. The minimum atomic E-state index is -0.0519. The van der Waals surface area contributed by atoms with Crippen LogP contribution < -0.4 is 0 Å². The molecule has 2 fully saturated rings. The zero-order valence-corrected chi connectivity index (χ0v) is 19.2. The van der Waals surface area contributed by atoms with Gasteiger partial charge in [-0.1, -0.05) is 41.0 Å². The predicted octanol–water partition coefficient (Wildman–Crippen LogP) is 6.00. The summed E-state index contributed by atoms with van der Waals surface area (Å²) in [6.07, 6.45) is 11.8. The Kier molecular flexibility index (Phi) is 11.6. The molecule has 1 radical (unpaired) electrons. The van der Waals surface area contributed by atoms with Crippen LogP contribution in [0.4, 0.5) is 0 Å². The van der Waals surface area contributed by atoms with Crippen molar-refractivity contribution in [1.82, 2.24) is 0 Å². The van der Waals surface area contributed by atoms with Gasteiger partial charge in [-0.05, 0) is 55.8 Å². The average Bonchev–Trinajstić information content (AvgIpc) is 2.92. The van der Waals surface area contributed by atoms with E-state index in [4.69, 9.17) is 0 Å². The molecule has 2 saturated carbocycles. The molecule has 5 atom stereocenters. The maximum Gasteiger partial charge on any atom is 0.0596 e. The minimum Gasteiger partial charge on any atom is -0.393 e. The van der Waals surface area contributed by atoms with Crippen molar-refractivity contribution in [3.63, 3.8) is 0 Å². The number of benzene rings is 1. The van der Waals surface area contributed by atoms with Gasteiger partial charge in [0, 0.05) is 32.7 Å². The van der Waals surface area contributed by atoms with Crippen molar-refractivity contribution < 1.29 is 37.8 Å². The molecular formula is C24H37OY-. The molecule has 0 aromatic heterocycles. The fourth-order valence-corrected chi connectivity index (χ4v) is 5.43. The van der Waals surface area contributed by atoms with Gasteiger partial charge < -0.3 is 5.11 Å². The summed E-state index contributed by atoms with van der Waals surface area (Å²) in [5.74, 6) is 4.56. The van der Waals surface area contributed by atoms with E-state index in [1.165, 1.54) is 37.7 Å². The summed E-state index contributed by atoms with van der Waals surface area (Å²) >= 11 is 0. The predicted molar refractivity (Wildman–Crippen MR) is 108 cm³/mol. The van der Waals surface area contributed by atoms with Crippen molar-refractivity contribution in [3.8, 4) is 12.3 Å². The Labute approximate surface area is 187 Å².